The van der Waals surface area contributed by atoms with Crippen LogP contribution in [0.5, 0.6) is 11.5 Å². The third-order valence-electron chi connectivity index (χ3n) is 4.23. The van der Waals surface area contributed by atoms with Crippen molar-refractivity contribution in [2.75, 3.05) is 0 Å². The fourth-order valence-corrected chi connectivity index (χ4v) is 2.91. The van der Waals surface area contributed by atoms with Gasteiger partial charge in [-0.3, -0.25) is 4.98 Å². The van der Waals surface area contributed by atoms with Crippen LogP contribution in [0.25, 0.3) is 33.6 Å². The van der Waals surface area contributed by atoms with Crippen LogP contribution in [0, 0.1) is 5.82 Å². The third kappa shape index (κ3) is 2.91. The van der Waals surface area contributed by atoms with Crippen molar-refractivity contribution in [3.05, 3.63) is 78.9 Å². The first-order chi connectivity index (χ1) is 12.6. The summed E-state index contributed by atoms with van der Waals surface area (Å²) in [5, 5.41) is 19.4. The number of aromatic amines is 1. The topological polar surface area (TPSA) is 69.1 Å². The number of nitrogens with one attached hydrogen (secondary N) is 1. The molecule has 0 spiro atoms. The van der Waals surface area contributed by atoms with Crippen LogP contribution in [0.15, 0.2) is 73.1 Å². The van der Waals surface area contributed by atoms with Crippen LogP contribution in [0.2, 0.25) is 0 Å². The van der Waals surface area contributed by atoms with Gasteiger partial charge in [0.25, 0.3) is 0 Å². The number of hydrogen-bond donors (Lipinski definition) is 3. The summed E-state index contributed by atoms with van der Waals surface area (Å²) < 4.78 is 13.2. The van der Waals surface area contributed by atoms with Gasteiger partial charge in [0.1, 0.15) is 5.82 Å². The Labute approximate surface area is 149 Å². The van der Waals surface area contributed by atoms with E-state index >= 15 is 0 Å². The van der Waals surface area contributed by atoms with E-state index < -0.39 is 0 Å². The highest BCUT2D eigenvalue weighted by atomic mass is 19.1. The minimum atomic E-state index is -0.293. The van der Waals surface area contributed by atoms with Crippen LogP contribution in [0.3, 0.4) is 0 Å². The minimum absolute atomic E-state index is 0.176. The van der Waals surface area contributed by atoms with Crippen molar-refractivity contribution in [3.8, 4) is 45.1 Å². The van der Waals surface area contributed by atoms with Gasteiger partial charge in [-0.1, -0.05) is 0 Å². The standard InChI is InChI=1S/C21H15FN2O2/c22-16-4-1-14(2-5-16)18-12-17(13-7-9-23-10-8-13)21(24-18)15-3-6-19(25)20(26)11-15/h1-12,24-26H. The Morgan fingerprint density at radius 1 is 0.731 bits per heavy atom. The molecule has 0 aliphatic carbocycles. The first kappa shape index (κ1) is 15.9. The molecule has 0 aliphatic heterocycles. The second kappa shape index (κ2) is 6.37. The smallest absolute Gasteiger partial charge is 0.158 e. The zero-order valence-electron chi connectivity index (χ0n) is 13.6. The molecule has 0 saturated heterocycles. The number of hydrogen-bond acceptors (Lipinski definition) is 3. The van der Waals surface area contributed by atoms with Crippen LogP contribution in [-0.4, -0.2) is 20.2 Å². The summed E-state index contributed by atoms with van der Waals surface area (Å²) in [6, 6.07) is 16.7. The van der Waals surface area contributed by atoms with E-state index in [1.807, 2.05) is 18.2 Å². The molecule has 4 nitrogen and oxygen atoms in total. The molecular weight excluding hydrogens is 331 g/mol. The number of pyridine rings is 1. The maximum Gasteiger partial charge on any atom is 0.158 e. The van der Waals surface area contributed by atoms with Crippen molar-refractivity contribution in [1.29, 1.82) is 0 Å². The summed E-state index contributed by atoms with van der Waals surface area (Å²) in [7, 11) is 0. The van der Waals surface area contributed by atoms with Gasteiger partial charge in [0.15, 0.2) is 11.5 Å². The van der Waals surface area contributed by atoms with E-state index in [1.165, 1.54) is 24.3 Å². The largest absolute Gasteiger partial charge is 0.504 e. The van der Waals surface area contributed by atoms with Crippen LogP contribution < -0.4 is 0 Å². The van der Waals surface area contributed by atoms with E-state index in [9.17, 15) is 14.6 Å². The number of H-pyrrole nitrogens is 1. The zero-order chi connectivity index (χ0) is 18.1. The van der Waals surface area contributed by atoms with E-state index in [-0.39, 0.29) is 17.3 Å². The Morgan fingerprint density at radius 2 is 1.42 bits per heavy atom. The lowest BCUT2D eigenvalue weighted by Gasteiger charge is -2.06. The number of phenols is 2. The van der Waals surface area contributed by atoms with Gasteiger partial charge >= 0.3 is 0 Å². The number of nitrogens with zero attached hydrogens (tertiary/aromatic N) is 1. The summed E-state index contributed by atoms with van der Waals surface area (Å²) in [5.41, 5.74) is 5.03. The van der Waals surface area contributed by atoms with Gasteiger partial charge in [-0.2, -0.15) is 0 Å². The van der Waals surface area contributed by atoms with Gasteiger partial charge in [-0.15, -0.1) is 0 Å². The molecule has 0 saturated carbocycles. The van der Waals surface area contributed by atoms with Gasteiger partial charge < -0.3 is 15.2 Å². The summed E-state index contributed by atoms with van der Waals surface area (Å²) in [5.74, 6) is -0.663. The Balaban J connectivity index is 1.90. The molecule has 5 heteroatoms. The minimum Gasteiger partial charge on any atom is -0.504 e. The number of aromatic hydroxyl groups is 2. The molecular formula is C21H15FN2O2. The average molecular weight is 346 g/mol. The summed E-state index contributed by atoms with van der Waals surface area (Å²) in [4.78, 5) is 7.39. The number of halogens is 1. The zero-order valence-corrected chi connectivity index (χ0v) is 13.6. The fraction of sp³-hybridized carbons (Fsp3) is 0. The van der Waals surface area contributed by atoms with E-state index in [0.717, 1.165) is 33.6 Å². The molecule has 0 radical (unpaired) electrons. The number of benzene rings is 2. The summed E-state index contributed by atoms with van der Waals surface area (Å²) in [6.07, 6.45) is 3.41. The molecule has 4 aromatic rings. The van der Waals surface area contributed by atoms with Crippen LogP contribution in [0.4, 0.5) is 4.39 Å². The van der Waals surface area contributed by atoms with Crippen molar-refractivity contribution < 1.29 is 14.6 Å². The van der Waals surface area contributed by atoms with E-state index in [0.29, 0.717) is 0 Å². The molecule has 4 rings (SSSR count). The summed E-state index contributed by atoms with van der Waals surface area (Å²) >= 11 is 0. The van der Waals surface area contributed by atoms with E-state index in [1.54, 1.807) is 30.6 Å². The highest BCUT2D eigenvalue weighted by Crippen LogP contribution is 2.38. The second-order valence-electron chi connectivity index (χ2n) is 5.92. The van der Waals surface area contributed by atoms with Gasteiger partial charge in [0.05, 0.1) is 5.69 Å². The van der Waals surface area contributed by atoms with Crippen LogP contribution in [0.1, 0.15) is 0 Å². The second-order valence-corrected chi connectivity index (χ2v) is 5.92. The lowest BCUT2D eigenvalue weighted by molar-refractivity contribution is 0.404. The third-order valence-corrected chi connectivity index (χ3v) is 4.23. The molecule has 0 unspecified atom stereocenters. The number of phenolic OH excluding ortho intramolecular Hbond substituents is 2. The molecule has 2 aromatic heterocycles. The first-order valence-electron chi connectivity index (χ1n) is 8.03. The molecule has 128 valence electrons. The predicted octanol–water partition coefficient (Wildman–Crippen LogP) is 4.96. The molecule has 2 heterocycles. The van der Waals surface area contributed by atoms with Crippen molar-refractivity contribution in [2.45, 2.75) is 0 Å². The van der Waals surface area contributed by atoms with Crippen LogP contribution in [-0.2, 0) is 0 Å². The monoisotopic (exact) mass is 346 g/mol. The predicted molar refractivity (Wildman–Crippen MR) is 98.2 cm³/mol. The summed E-state index contributed by atoms with van der Waals surface area (Å²) in [6.45, 7) is 0. The Morgan fingerprint density at radius 3 is 2.12 bits per heavy atom. The van der Waals surface area contributed by atoms with Gasteiger partial charge in [0.2, 0.25) is 0 Å². The number of rotatable bonds is 3. The average Bonchev–Trinajstić information content (AvgIpc) is 3.11. The quantitative estimate of drug-likeness (QED) is 0.459. The maximum atomic E-state index is 13.2. The lowest BCUT2D eigenvalue weighted by Crippen LogP contribution is -1.84. The van der Waals surface area contributed by atoms with E-state index in [4.69, 9.17) is 0 Å². The van der Waals surface area contributed by atoms with Crippen LogP contribution >= 0.6 is 0 Å². The van der Waals surface area contributed by atoms with Gasteiger partial charge in [-0.25, -0.2) is 4.39 Å². The SMILES string of the molecule is Oc1ccc(-c2[nH]c(-c3ccc(F)cc3)cc2-c2ccncc2)cc1O. The Hall–Kier alpha value is -3.60. The lowest BCUT2D eigenvalue weighted by atomic mass is 10.0. The molecule has 0 atom stereocenters. The fourth-order valence-electron chi connectivity index (χ4n) is 2.91. The molecule has 0 fully saturated rings. The molecule has 3 N–H and O–H groups in total. The first-order valence-corrected chi connectivity index (χ1v) is 8.03. The highest BCUT2D eigenvalue weighted by Gasteiger charge is 2.14. The molecule has 0 aliphatic rings. The Bertz CT molecular complexity index is 1060. The molecule has 0 bridgehead atoms. The van der Waals surface area contributed by atoms with Gasteiger partial charge in [0, 0.05) is 29.2 Å². The molecule has 2 aromatic carbocycles. The van der Waals surface area contributed by atoms with Gasteiger partial charge in [-0.05, 0) is 71.8 Å². The van der Waals surface area contributed by atoms with Crippen molar-refractivity contribution >= 4 is 0 Å². The Kier molecular flexibility index (Phi) is 3.89. The molecule has 0 amide bonds. The van der Waals surface area contributed by atoms with Crippen molar-refractivity contribution in [3.63, 3.8) is 0 Å². The van der Waals surface area contributed by atoms with Crippen molar-refractivity contribution in [2.24, 2.45) is 0 Å². The normalized spacial score (nSPS) is 10.8. The number of aromatic nitrogens is 2. The van der Waals surface area contributed by atoms with E-state index in [2.05, 4.69) is 9.97 Å². The molecule has 26 heavy (non-hydrogen) atoms. The van der Waals surface area contributed by atoms with Crippen molar-refractivity contribution in [1.82, 2.24) is 9.97 Å². The highest BCUT2D eigenvalue weighted by molar-refractivity contribution is 5.86. The maximum absolute atomic E-state index is 13.2.